The average molecular weight is 213 g/mol. The Morgan fingerprint density at radius 2 is 2.40 bits per heavy atom. The van der Waals surface area contributed by atoms with Gasteiger partial charge >= 0.3 is 0 Å². The van der Waals surface area contributed by atoms with Gasteiger partial charge in [0.05, 0.1) is 6.54 Å². The number of nitrogens with one attached hydrogen (secondary N) is 3. The van der Waals surface area contributed by atoms with E-state index in [1.54, 1.807) is 0 Å². The maximum absolute atomic E-state index is 11.3. The number of hydrogen-bond acceptors (Lipinski definition) is 3. The van der Waals surface area contributed by atoms with Crippen molar-refractivity contribution in [1.29, 1.82) is 0 Å². The molecule has 0 bridgehead atoms. The van der Waals surface area contributed by atoms with Crippen LogP contribution in [0.4, 0.5) is 0 Å². The fourth-order valence-corrected chi connectivity index (χ4v) is 1.45. The summed E-state index contributed by atoms with van der Waals surface area (Å²) in [4.78, 5) is 22.1. The van der Waals surface area contributed by atoms with Gasteiger partial charge in [-0.15, -0.1) is 0 Å². The van der Waals surface area contributed by atoms with Crippen molar-refractivity contribution in [3.8, 4) is 0 Å². The molecule has 5 heteroatoms. The van der Waals surface area contributed by atoms with E-state index in [2.05, 4.69) is 22.9 Å². The third-order valence-electron chi connectivity index (χ3n) is 2.38. The molecule has 0 radical (unpaired) electrons. The first-order valence-corrected chi connectivity index (χ1v) is 5.49. The Kier molecular flexibility index (Phi) is 5.10. The lowest BCUT2D eigenvalue weighted by Crippen LogP contribution is -2.40. The highest BCUT2D eigenvalue weighted by molar-refractivity contribution is 5.80. The highest BCUT2D eigenvalue weighted by Crippen LogP contribution is 1.97. The average Bonchev–Trinajstić information content (AvgIpc) is 2.62. The first-order chi connectivity index (χ1) is 7.22. The van der Waals surface area contributed by atoms with Crippen LogP contribution in [0.1, 0.15) is 26.2 Å². The summed E-state index contributed by atoms with van der Waals surface area (Å²) in [5.41, 5.74) is 0. The molecule has 1 unspecified atom stereocenters. The van der Waals surface area contributed by atoms with Crippen LogP contribution in [-0.4, -0.2) is 37.5 Å². The highest BCUT2D eigenvalue weighted by Gasteiger charge is 2.20. The van der Waals surface area contributed by atoms with E-state index < -0.39 is 0 Å². The summed E-state index contributed by atoms with van der Waals surface area (Å²) < 4.78 is 0. The summed E-state index contributed by atoms with van der Waals surface area (Å²) in [6, 6.07) is 0.106. The van der Waals surface area contributed by atoms with Crippen LogP contribution < -0.4 is 16.0 Å². The lowest BCUT2D eigenvalue weighted by molar-refractivity contribution is -0.121. The van der Waals surface area contributed by atoms with E-state index >= 15 is 0 Å². The molecule has 1 aliphatic rings. The number of unbranched alkanes of at least 4 members (excludes halogenated alkanes) is 1. The van der Waals surface area contributed by atoms with Crippen LogP contribution in [0.15, 0.2) is 0 Å². The summed E-state index contributed by atoms with van der Waals surface area (Å²) in [6.45, 7) is 3.74. The van der Waals surface area contributed by atoms with Crippen molar-refractivity contribution in [3.63, 3.8) is 0 Å². The van der Waals surface area contributed by atoms with Gasteiger partial charge in [0.2, 0.25) is 11.8 Å². The Hall–Kier alpha value is -1.10. The summed E-state index contributed by atoms with van der Waals surface area (Å²) in [6.07, 6.45) is 2.56. The van der Waals surface area contributed by atoms with E-state index in [4.69, 9.17) is 0 Å². The molecule has 1 saturated heterocycles. The summed E-state index contributed by atoms with van der Waals surface area (Å²) >= 11 is 0. The zero-order valence-corrected chi connectivity index (χ0v) is 9.14. The first-order valence-electron chi connectivity index (χ1n) is 5.49. The van der Waals surface area contributed by atoms with Gasteiger partial charge in [0.25, 0.3) is 0 Å². The van der Waals surface area contributed by atoms with Crippen molar-refractivity contribution in [3.05, 3.63) is 0 Å². The third kappa shape index (κ3) is 4.78. The second kappa shape index (κ2) is 6.40. The van der Waals surface area contributed by atoms with Gasteiger partial charge in [0.15, 0.2) is 0 Å². The Morgan fingerprint density at radius 1 is 1.60 bits per heavy atom. The molecule has 0 aliphatic carbocycles. The van der Waals surface area contributed by atoms with Crippen molar-refractivity contribution in [2.24, 2.45) is 0 Å². The lowest BCUT2D eigenvalue weighted by atomic mass is 10.2. The molecule has 3 N–H and O–H groups in total. The molecule has 0 aromatic rings. The smallest absolute Gasteiger partial charge is 0.233 e. The van der Waals surface area contributed by atoms with Gasteiger partial charge in [0.1, 0.15) is 0 Å². The van der Waals surface area contributed by atoms with Crippen molar-refractivity contribution in [1.82, 2.24) is 16.0 Å². The molecule has 86 valence electrons. The molecule has 1 fully saturated rings. The zero-order chi connectivity index (χ0) is 11.1. The Morgan fingerprint density at radius 3 is 3.00 bits per heavy atom. The van der Waals surface area contributed by atoms with Gasteiger partial charge in [0, 0.05) is 25.6 Å². The number of carbonyl (C=O) groups is 2. The molecule has 1 heterocycles. The van der Waals surface area contributed by atoms with Crippen LogP contribution in [0.5, 0.6) is 0 Å². The standard InChI is InChI=1S/C10H19N3O2/c1-2-3-4-11-10(15)7-12-8-5-9(14)13-6-8/h8,12H,2-7H2,1H3,(H,11,15)(H,13,14). The molecule has 1 rings (SSSR count). The molecule has 0 aromatic heterocycles. The zero-order valence-electron chi connectivity index (χ0n) is 9.14. The second-order valence-electron chi connectivity index (χ2n) is 3.79. The van der Waals surface area contributed by atoms with Crippen LogP contribution in [0, 0.1) is 0 Å². The van der Waals surface area contributed by atoms with E-state index in [1.165, 1.54) is 0 Å². The lowest BCUT2D eigenvalue weighted by Gasteiger charge is -2.10. The van der Waals surface area contributed by atoms with Crippen LogP contribution in [0.2, 0.25) is 0 Å². The molecule has 0 aromatic carbocycles. The van der Waals surface area contributed by atoms with Gasteiger partial charge < -0.3 is 16.0 Å². The number of hydrogen-bond donors (Lipinski definition) is 3. The van der Waals surface area contributed by atoms with E-state index in [0.29, 0.717) is 19.5 Å². The molecule has 0 saturated carbocycles. The van der Waals surface area contributed by atoms with Crippen molar-refractivity contribution in [2.75, 3.05) is 19.6 Å². The van der Waals surface area contributed by atoms with Crippen LogP contribution in [0.3, 0.4) is 0 Å². The third-order valence-corrected chi connectivity index (χ3v) is 2.38. The summed E-state index contributed by atoms with van der Waals surface area (Å²) in [5.74, 6) is 0.0571. The van der Waals surface area contributed by atoms with E-state index in [-0.39, 0.29) is 17.9 Å². The minimum Gasteiger partial charge on any atom is -0.355 e. The molecular formula is C10H19N3O2. The van der Waals surface area contributed by atoms with Crippen molar-refractivity contribution >= 4 is 11.8 Å². The number of rotatable bonds is 6. The number of amides is 2. The van der Waals surface area contributed by atoms with E-state index in [9.17, 15) is 9.59 Å². The largest absolute Gasteiger partial charge is 0.355 e. The minimum atomic E-state index is 0.00259. The Bertz CT molecular complexity index is 231. The predicted molar refractivity (Wildman–Crippen MR) is 57.3 cm³/mol. The van der Waals surface area contributed by atoms with Gasteiger partial charge in [-0.2, -0.15) is 0 Å². The highest BCUT2D eigenvalue weighted by atomic mass is 16.2. The number of carbonyl (C=O) groups excluding carboxylic acids is 2. The van der Waals surface area contributed by atoms with Crippen LogP contribution in [0.25, 0.3) is 0 Å². The molecule has 5 nitrogen and oxygen atoms in total. The molecule has 1 aliphatic heterocycles. The van der Waals surface area contributed by atoms with Gasteiger partial charge in [-0.05, 0) is 6.42 Å². The first kappa shape index (κ1) is 12.0. The monoisotopic (exact) mass is 213 g/mol. The Labute approximate surface area is 90.0 Å². The van der Waals surface area contributed by atoms with Gasteiger partial charge in [-0.25, -0.2) is 0 Å². The molecule has 15 heavy (non-hydrogen) atoms. The molecular weight excluding hydrogens is 194 g/mol. The fraction of sp³-hybridized carbons (Fsp3) is 0.800. The van der Waals surface area contributed by atoms with Gasteiger partial charge in [-0.3, -0.25) is 9.59 Å². The topological polar surface area (TPSA) is 70.2 Å². The molecule has 0 spiro atoms. The Balaban J connectivity index is 2.03. The SMILES string of the molecule is CCCCNC(=O)CNC1CNC(=O)C1. The normalized spacial score (nSPS) is 20.1. The van der Waals surface area contributed by atoms with Crippen molar-refractivity contribution < 1.29 is 9.59 Å². The van der Waals surface area contributed by atoms with Crippen molar-refractivity contribution in [2.45, 2.75) is 32.2 Å². The fourth-order valence-electron chi connectivity index (χ4n) is 1.45. The predicted octanol–water partition coefficient (Wildman–Crippen LogP) is -0.619. The summed E-state index contributed by atoms with van der Waals surface area (Å²) in [5, 5.41) is 8.57. The quantitative estimate of drug-likeness (QED) is 0.515. The molecule has 1 atom stereocenters. The van der Waals surface area contributed by atoms with E-state index in [0.717, 1.165) is 19.4 Å². The maximum atomic E-state index is 11.3. The van der Waals surface area contributed by atoms with E-state index in [1.807, 2.05) is 0 Å². The maximum Gasteiger partial charge on any atom is 0.233 e. The minimum absolute atomic E-state index is 0.00259. The van der Waals surface area contributed by atoms with Crippen LogP contribution in [-0.2, 0) is 9.59 Å². The summed E-state index contributed by atoms with van der Waals surface area (Å²) in [7, 11) is 0. The van der Waals surface area contributed by atoms with Crippen LogP contribution >= 0.6 is 0 Å². The molecule has 2 amide bonds. The second-order valence-corrected chi connectivity index (χ2v) is 3.79. The van der Waals surface area contributed by atoms with Gasteiger partial charge in [-0.1, -0.05) is 13.3 Å².